The van der Waals surface area contributed by atoms with Gasteiger partial charge in [0, 0.05) is 41.6 Å². The van der Waals surface area contributed by atoms with Crippen LogP contribution in [0.4, 0.5) is 0 Å². The largest absolute Gasteiger partial charge is 0.353 e. The number of nitrogens with one attached hydrogen (secondary N) is 3. The van der Waals surface area contributed by atoms with E-state index in [0.29, 0.717) is 12.1 Å². The van der Waals surface area contributed by atoms with Gasteiger partial charge in [-0.25, -0.2) is 0 Å². The molecule has 4 aromatic rings. The van der Waals surface area contributed by atoms with Crippen LogP contribution in [0.3, 0.4) is 0 Å². The second-order valence-corrected chi connectivity index (χ2v) is 5.49. The van der Waals surface area contributed by atoms with Crippen molar-refractivity contribution in [2.75, 3.05) is 0 Å². The molecule has 0 saturated heterocycles. The molecule has 0 radical (unpaired) electrons. The van der Waals surface area contributed by atoms with Gasteiger partial charge in [-0.2, -0.15) is 5.10 Å². The van der Waals surface area contributed by atoms with E-state index < -0.39 is 0 Å². The number of aromatic amines is 2. The van der Waals surface area contributed by atoms with E-state index in [0.717, 1.165) is 27.9 Å². The second kappa shape index (κ2) is 6.00. The Balaban J connectivity index is 1.55. The summed E-state index contributed by atoms with van der Waals surface area (Å²) >= 11 is 0. The Hall–Kier alpha value is -3.41. The quantitative estimate of drug-likeness (QED) is 0.541. The van der Waals surface area contributed by atoms with Gasteiger partial charge in [0.25, 0.3) is 5.91 Å². The van der Waals surface area contributed by atoms with Gasteiger partial charge >= 0.3 is 0 Å². The average molecular weight is 317 g/mol. The molecule has 0 atom stereocenters. The van der Waals surface area contributed by atoms with Gasteiger partial charge in [0.15, 0.2) is 0 Å². The molecule has 6 nitrogen and oxygen atoms in total. The van der Waals surface area contributed by atoms with Gasteiger partial charge in [0.1, 0.15) is 0 Å². The van der Waals surface area contributed by atoms with Crippen molar-refractivity contribution in [2.24, 2.45) is 0 Å². The molecule has 118 valence electrons. The number of amides is 1. The van der Waals surface area contributed by atoms with E-state index in [1.165, 1.54) is 0 Å². The molecular formula is C18H15N5O. The van der Waals surface area contributed by atoms with E-state index in [1.807, 2.05) is 42.5 Å². The van der Waals surface area contributed by atoms with Gasteiger partial charge < -0.3 is 10.3 Å². The molecule has 4 rings (SSSR count). The van der Waals surface area contributed by atoms with Gasteiger partial charge in [-0.1, -0.05) is 6.07 Å². The Morgan fingerprint density at radius 1 is 1.00 bits per heavy atom. The van der Waals surface area contributed by atoms with Gasteiger partial charge in [-0.15, -0.1) is 0 Å². The molecule has 0 aliphatic rings. The maximum atomic E-state index is 12.3. The maximum Gasteiger partial charge on any atom is 0.251 e. The number of nitrogens with zero attached hydrogens (tertiary/aromatic N) is 2. The van der Waals surface area contributed by atoms with E-state index in [-0.39, 0.29) is 5.91 Å². The van der Waals surface area contributed by atoms with Crippen molar-refractivity contribution >= 4 is 16.8 Å². The van der Waals surface area contributed by atoms with Gasteiger partial charge in [-0.05, 0) is 42.0 Å². The lowest BCUT2D eigenvalue weighted by Gasteiger charge is -2.05. The summed E-state index contributed by atoms with van der Waals surface area (Å²) in [5, 5.41) is 10.8. The van der Waals surface area contributed by atoms with Crippen molar-refractivity contribution in [3.8, 4) is 11.4 Å². The normalized spacial score (nSPS) is 10.8. The molecule has 6 heteroatoms. The molecule has 3 aromatic heterocycles. The van der Waals surface area contributed by atoms with E-state index in [2.05, 4.69) is 25.5 Å². The van der Waals surface area contributed by atoms with Crippen molar-refractivity contribution in [2.45, 2.75) is 6.54 Å². The van der Waals surface area contributed by atoms with Gasteiger partial charge in [-0.3, -0.25) is 14.9 Å². The molecule has 1 aromatic carbocycles. The lowest BCUT2D eigenvalue weighted by atomic mass is 10.1. The standard InChI is InChI=1S/C18H15N5O/c24-18(20-11-12-3-6-19-7-4-12)14-2-1-13-9-17(22-16(13)10-14)15-5-8-21-23-15/h1-10,22H,11H2,(H,20,24)(H,21,23). The zero-order valence-corrected chi connectivity index (χ0v) is 12.8. The number of carbonyl (C=O) groups is 1. The minimum absolute atomic E-state index is 0.105. The number of aromatic nitrogens is 4. The summed E-state index contributed by atoms with van der Waals surface area (Å²) in [6, 6.07) is 13.3. The molecule has 24 heavy (non-hydrogen) atoms. The van der Waals surface area contributed by atoms with E-state index in [1.54, 1.807) is 18.6 Å². The molecule has 0 bridgehead atoms. The summed E-state index contributed by atoms with van der Waals surface area (Å²) in [4.78, 5) is 19.6. The third-order valence-corrected chi connectivity index (χ3v) is 3.88. The first-order valence-electron chi connectivity index (χ1n) is 7.59. The zero-order chi connectivity index (χ0) is 16.4. The van der Waals surface area contributed by atoms with E-state index in [9.17, 15) is 4.79 Å². The highest BCUT2D eigenvalue weighted by Gasteiger charge is 2.09. The van der Waals surface area contributed by atoms with Crippen LogP contribution in [-0.4, -0.2) is 26.1 Å². The van der Waals surface area contributed by atoms with Crippen molar-refractivity contribution < 1.29 is 4.79 Å². The molecule has 1 amide bonds. The zero-order valence-electron chi connectivity index (χ0n) is 12.8. The minimum Gasteiger partial charge on any atom is -0.353 e. The summed E-state index contributed by atoms with van der Waals surface area (Å²) < 4.78 is 0. The lowest BCUT2D eigenvalue weighted by Crippen LogP contribution is -2.22. The van der Waals surface area contributed by atoms with Crippen LogP contribution in [0, 0.1) is 0 Å². The second-order valence-electron chi connectivity index (χ2n) is 5.49. The summed E-state index contributed by atoms with van der Waals surface area (Å²) in [7, 11) is 0. The number of rotatable bonds is 4. The third-order valence-electron chi connectivity index (χ3n) is 3.88. The minimum atomic E-state index is -0.105. The first-order chi connectivity index (χ1) is 11.8. The molecule has 0 unspecified atom stereocenters. The topological polar surface area (TPSA) is 86.5 Å². The monoisotopic (exact) mass is 317 g/mol. The molecule has 3 N–H and O–H groups in total. The molecule has 0 aliphatic heterocycles. The maximum absolute atomic E-state index is 12.3. The molecule has 3 heterocycles. The Labute approximate surface area is 137 Å². The van der Waals surface area contributed by atoms with Crippen molar-refractivity contribution in [1.29, 1.82) is 0 Å². The fraction of sp³-hybridized carbons (Fsp3) is 0.0556. The van der Waals surface area contributed by atoms with Crippen LogP contribution < -0.4 is 5.32 Å². The number of hydrogen-bond acceptors (Lipinski definition) is 3. The first kappa shape index (κ1) is 14.2. The Kier molecular flexibility index (Phi) is 3.55. The van der Waals surface area contributed by atoms with Crippen LogP contribution in [-0.2, 0) is 6.54 Å². The van der Waals surface area contributed by atoms with Crippen LogP contribution >= 0.6 is 0 Å². The summed E-state index contributed by atoms with van der Waals surface area (Å²) in [6.45, 7) is 0.476. The van der Waals surface area contributed by atoms with Crippen molar-refractivity contribution in [3.05, 3.63) is 72.2 Å². The number of pyridine rings is 1. The first-order valence-corrected chi connectivity index (χ1v) is 7.59. The van der Waals surface area contributed by atoms with Gasteiger partial charge in [0.2, 0.25) is 0 Å². The molecular weight excluding hydrogens is 302 g/mol. The van der Waals surface area contributed by atoms with Crippen LogP contribution in [0.15, 0.2) is 61.1 Å². The molecule has 0 saturated carbocycles. The smallest absolute Gasteiger partial charge is 0.251 e. The van der Waals surface area contributed by atoms with Gasteiger partial charge in [0.05, 0.1) is 11.4 Å². The highest BCUT2D eigenvalue weighted by molar-refractivity contribution is 5.98. The highest BCUT2D eigenvalue weighted by Crippen LogP contribution is 2.23. The third kappa shape index (κ3) is 2.77. The number of H-pyrrole nitrogens is 2. The number of benzene rings is 1. The Morgan fingerprint density at radius 3 is 2.67 bits per heavy atom. The van der Waals surface area contributed by atoms with E-state index >= 15 is 0 Å². The van der Waals surface area contributed by atoms with Crippen LogP contribution in [0.5, 0.6) is 0 Å². The van der Waals surface area contributed by atoms with Crippen LogP contribution in [0.2, 0.25) is 0 Å². The fourth-order valence-electron chi connectivity index (χ4n) is 2.60. The summed E-state index contributed by atoms with van der Waals surface area (Å²) in [5.41, 5.74) is 4.40. The number of hydrogen-bond donors (Lipinski definition) is 3. The Bertz CT molecular complexity index is 973. The number of carbonyl (C=O) groups excluding carboxylic acids is 1. The Morgan fingerprint density at radius 2 is 1.88 bits per heavy atom. The highest BCUT2D eigenvalue weighted by atomic mass is 16.1. The van der Waals surface area contributed by atoms with Crippen molar-refractivity contribution in [3.63, 3.8) is 0 Å². The lowest BCUT2D eigenvalue weighted by molar-refractivity contribution is 0.0951. The fourth-order valence-corrected chi connectivity index (χ4v) is 2.60. The van der Waals surface area contributed by atoms with E-state index in [4.69, 9.17) is 0 Å². The SMILES string of the molecule is O=C(NCc1ccncc1)c1ccc2cc(-c3ccn[nH]3)[nH]c2c1. The predicted octanol–water partition coefficient (Wildman–Crippen LogP) is 2.88. The number of fused-ring (bicyclic) bond motifs is 1. The molecule has 0 aliphatic carbocycles. The summed E-state index contributed by atoms with van der Waals surface area (Å²) in [5.74, 6) is -0.105. The molecule has 0 fully saturated rings. The molecule has 0 spiro atoms. The van der Waals surface area contributed by atoms with Crippen LogP contribution in [0.1, 0.15) is 15.9 Å². The predicted molar refractivity (Wildman–Crippen MR) is 91.3 cm³/mol. The van der Waals surface area contributed by atoms with Crippen LogP contribution in [0.25, 0.3) is 22.3 Å². The summed E-state index contributed by atoms with van der Waals surface area (Å²) in [6.07, 6.45) is 5.13. The van der Waals surface area contributed by atoms with Crippen molar-refractivity contribution in [1.82, 2.24) is 25.5 Å². The average Bonchev–Trinajstić information content (AvgIpc) is 3.28.